The minimum Gasteiger partial charge on any atom is -0.448 e. The number of carbonyl (C=O) groups is 1. The molecule has 2 aromatic rings. The van der Waals surface area contributed by atoms with Gasteiger partial charge in [-0.15, -0.1) is 5.73 Å². The Morgan fingerprint density at radius 2 is 2.22 bits per heavy atom. The molecule has 23 heavy (non-hydrogen) atoms. The Morgan fingerprint density at radius 3 is 2.83 bits per heavy atom. The number of rotatable bonds is 5. The summed E-state index contributed by atoms with van der Waals surface area (Å²) in [6.45, 7) is 5.62. The van der Waals surface area contributed by atoms with Crippen molar-refractivity contribution in [2.75, 3.05) is 11.5 Å². The third kappa shape index (κ3) is 3.11. The standard InChI is InChI=1S/C18H18N2O2S/c1-3-9-18(11-23-12-18)22-17(21)16-10-19-13-20(16)14(2)15-7-5-4-6-8-15/h4-10,13-14H,1,11-12H2,2H3/t14-/m1/s1. The molecule has 0 N–H and O–H groups in total. The van der Waals surface area contributed by atoms with Gasteiger partial charge >= 0.3 is 5.97 Å². The van der Waals surface area contributed by atoms with E-state index in [4.69, 9.17) is 4.74 Å². The smallest absolute Gasteiger partial charge is 0.357 e. The maximum absolute atomic E-state index is 12.6. The fourth-order valence-electron chi connectivity index (χ4n) is 2.56. The van der Waals surface area contributed by atoms with Crippen LogP contribution in [0.3, 0.4) is 0 Å². The van der Waals surface area contributed by atoms with Gasteiger partial charge in [0.2, 0.25) is 0 Å². The first-order chi connectivity index (χ1) is 11.2. The summed E-state index contributed by atoms with van der Waals surface area (Å²) >= 11 is 1.73. The van der Waals surface area contributed by atoms with E-state index >= 15 is 0 Å². The quantitative estimate of drug-likeness (QED) is 0.623. The second-order valence-electron chi connectivity index (χ2n) is 5.57. The highest BCUT2D eigenvalue weighted by atomic mass is 32.2. The van der Waals surface area contributed by atoms with Gasteiger partial charge in [0.05, 0.1) is 18.6 Å². The first kappa shape index (κ1) is 15.7. The van der Waals surface area contributed by atoms with Gasteiger partial charge < -0.3 is 9.30 Å². The zero-order valence-electron chi connectivity index (χ0n) is 12.9. The molecule has 0 spiro atoms. The Labute approximate surface area is 139 Å². The maximum atomic E-state index is 12.6. The fraction of sp³-hybridized carbons (Fsp3) is 0.278. The number of ether oxygens (including phenoxy) is 1. The predicted octanol–water partition coefficient (Wildman–Crippen LogP) is 3.48. The van der Waals surface area contributed by atoms with Crippen molar-refractivity contribution in [1.82, 2.24) is 9.55 Å². The van der Waals surface area contributed by atoms with E-state index in [0.29, 0.717) is 5.69 Å². The molecule has 0 aliphatic carbocycles. The zero-order chi connectivity index (χ0) is 16.3. The average Bonchev–Trinajstić information content (AvgIpc) is 3.02. The maximum Gasteiger partial charge on any atom is 0.357 e. The van der Waals surface area contributed by atoms with Crippen molar-refractivity contribution in [1.29, 1.82) is 0 Å². The Bertz CT molecular complexity index is 743. The van der Waals surface area contributed by atoms with Crippen LogP contribution in [0.1, 0.15) is 29.0 Å². The lowest BCUT2D eigenvalue weighted by molar-refractivity contribution is 0.0156. The van der Waals surface area contributed by atoms with Crippen molar-refractivity contribution < 1.29 is 9.53 Å². The van der Waals surface area contributed by atoms with Gasteiger partial charge in [-0.1, -0.05) is 36.9 Å². The van der Waals surface area contributed by atoms with Gasteiger partial charge in [-0.2, -0.15) is 11.8 Å². The molecule has 0 bridgehead atoms. The van der Waals surface area contributed by atoms with E-state index < -0.39 is 5.60 Å². The van der Waals surface area contributed by atoms with Gasteiger partial charge in [-0.05, 0) is 12.5 Å². The molecule has 1 atom stereocenters. The lowest BCUT2D eigenvalue weighted by Crippen LogP contribution is -2.45. The molecule has 3 rings (SSSR count). The molecule has 0 saturated carbocycles. The molecular weight excluding hydrogens is 308 g/mol. The van der Waals surface area contributed by atoms with Crippen LogP contribution in [0, 0.1) is 0 Å². The Morgan fingerprint density at radius 1 is 1.48 bits per heavy atom. The van der Waals surface area contributed by atoms with Crippen molar-refractivity contribution in [2.24, 2.45) is 0 Å². The number of hydrogen-bond acceptors (Lipinski definition) is 4. The van der Waals surface area contributed by atoms with Crippen LogP contribution in [-0.2, 0) is 4.74 Å². The Balaban J connectivity index is 1.83. The number of imidazole rings is 1. The fourth-order valence-corrected chi connectivity index (χ4v) is 3.45. The van der Waals surface area contributed by atoms with E-state index in [-0.39, 0.29) is 12.0 Å². The van der Waals surface area contributed by atoms with E-state index in [2.05, 4.69) is 17.3 Å². The number of aromatic nitrogens is 2. The highest BCUT2D eigenvalue weighted by Crippen LogP contribution is 2.35. The van der Waals surface area contributed by atoms with Crippen molar-refractivity contribution in [2.45, 2.75) is 18.6 Å². The number of hydrogen-bond donors (Lipinski definition) is 0. The van der Waals surface area contributed by atoms with Gasteiger partial charge in [-0.25, -0.2) is 9.78 Å². The second kappa shape index (κ2) is 6.49. The highest BCUT2D eigenvalue weighted by molar-refractivity contribution is 8.00. The molecule has 1 aliphatic rings. The van der Waals surface area contributed by atoms with Crippen LogP contribution >= 0.6 is 11.8 Å². The molecule has 1 fully saturated rings. The molecule has 0 amide bonds. The minimum absolute atomic E-state index is 0.00270. The highest BCUT2D eigenvalue weighted by Gasteiger charge is 2.40. The lowest BCUT2D eigenvalue weighted by Gasteiger charge is -2.37. The molecule has 0 radical (unpaired) electrons. The first-order valence-corrected chi connectivity index (χ1v) is 8.55. The van der Waals surface area contributed by atoms with Gasteiger partial charge in [-0.3, -0.25) is 0 Å². The number of esters is 1. The lowest BCUT2D eigenvalue weighted by atomic mass is 10.1. The molecule has 2 heterocycles. The van der Waals surface area contributed by atoms with Crippen LogP contribution in [0.4, 0.5) is 0 Å². The van der Waals surface area contributed by atoms with Crippen LogP contribution in [0.25, 0.3) is 0 Å². The summed E-state index contributed by atoms with van der Waals surface area (Å²) in [7, 11) is 0. The summed E-state index contributed by atoms with van der Waals surface area (Å²) in [6.07, 6.45) is 4.96. The van der Waals surface area contributed by atoms with Crippen molar-refractivity contribution in [3.8, 4) is 0 Å². The topological polar surface area (TPSA) is 44.1 Å². The monoisotopic (exact) mass is 326 g/mol. The van der Waals surface area contributed by atoms with Crippen molar-refractivity contribution in [3.05, 3.63) is 72.5 Å². The van der Waals surface area contributed by atoms with Gasteiger partial charge in [0, 0.05) is 17.6 Å². The van der Waals surface area contributed by atoms with Gasteiger partial charge in [0.1, 0.15) is 5.69 Å². The van der Waals surface area contributed by atoms with Crippen molar-refractivity contribution >= 4 is 17.7 Å². The molecule has 4 nitrogen and oxygen atoms in total. The Kier molecular flexibility index (Phi) is 4.42. The van der Waals surface area contributed by atoms with Crippen LogP contribution in [-0.4, -0.2) is 32.6 Å². The van der Waals surface area contributed by atoms with Crippen LogP contribution in [0.2, 0.25) is 0 Å². The summed E-state index contributed by atoms with van der Waals surface area (Å²) < 4.78 is 7.55. The molecule has 0 unspecified atom stereocenters. The predicted molar refractivity (Wildman–Crippen MR) is 91.7 cm³/mol. The van der Waals surface area contributed by atoms with Crippen LogP contribution in [0.5, 0.6) is 0 Å². The number of nitrogens with zero attached hydrogens (tertiary/aromatic N) is 2. The number of thioether (sulfide) groups is 1. The third-order valence-electron chi connectivity index (χ3n) is 3.93. The second-order valence-corrected chi connectivity index (χ2v) is 6.55. The summed E-state index contributed by atoms with van der Waals surface area (Å²) in [4.78, 5) is 16.7. The number of carbonyl (C=O) groups excluding carboxylic acids is 1. The minimum atomic E-state index is -0.575. The molecular formula is C18H18N2O2S. The molecule has 118 valence electrons. The summed E-state index contributed by atoms with van der Waals surface area (Å²) in [5.74, 6) is 1.12. The third-order valence-corrected chi connectivity index (χ3v) is 5.31. The summed E-state index contributed by atoms with van der Waals surface area (Å²) in [5.41, 5.74) is 3.73. The average molecular weight is 326 g/mol. The van der Waals surface area contributed by atoms with Crippen LogP contribution < -0.4 is 0 Å². The zero-order valence-corrected chi connectivity index (χ0v) is 13.8. The van der Waals surface area contributed by atoms with Gasteiger partial charge in [0.25, 0.3) is 0 Å². The number of benzene rings is 1. The normalized spacial score (nSPS) is 16.7. The van der Waals surface area contributed by atoms with Crippen LogP contribution in [0.15, 0.2) is 61.2 Å². The summed E-state index contributed by atoms with van der Waals surface area (Å²) in [6, 6.07) is 10.0. The van der Waals surface area contributed by atoms with E-state index in [1.165, 1.54) is 0 Å². The van der Waals surface area contributed by atoms with E-state index in [1.807, 2.05) is 41.8 Å². The largest absolute Gasteiger partial charge is 0.448 e. The van der Waals surface area contributed by atoms with Gasteiger partial charge in [0.15, 0.2) is 5.60 Å². The summed E-state index contributed by atoms with van der Waals surface area (Å²) in [5, 5.41) is 0. The molecule has 1 aliphatic heterocycles. The van der Waals surface area contributed by atoms with Crippen molar-refractivity contribution in [3.63, 3.8) is 0 Å². The molecule has 1 aromatic carbocycles. The van der Waals surface area contributed by atoms with E-state index in [1.54, 1.807) is 30.4 Å². The Hall–Kier alpha value is -2.23. The SMILES string of the molecule is C=C=CC1(OC(=O)c2cncn2[C@H](C)c2ccccc2)CSC1. The first-order valence-electron chi connectivity index (χ1n) is 7.40. The molecule has 5 heteroatoms. The van der Waals surface area contributed by atoms with E-state index in [9.17, 15) is 4.79 Å². The molecule has 1 aromatic heterocycles. The van der Waals surface area contributed by atoms with E-state index in [0.717, 1.165) is 17.1 Å². The molecule has 1 saturated heterocycles.